The fraction of sp³-hybridized carbons (Fsp3) is 0.571. The van der Waals surface area contributed by atoms with Crippen LogP contribution in [0.1, 0.15) is 39.0 Å². The molecule has 20 heavy (non-hydrogen) atoms. The van der Waals surface area contributed by atoms with Crippen LogP contribution in [0.2, 0.25) is 0 Å². The van der Waals surface area contributed by atoms with Gasteiger partial charge in [-0.15, -0.1) is 0 Å². The zero-order valence-electron chi connectivity index (χ0n) is 11.6. The third-order valence-electron chi connectivity index (χ3n) is 4.03. The molecule has 112 valence electrons. The van der Waals surface area contributed by atoms with Crippen molar-refractivity contribution in [3.05, 3.63) is 22.7 Å². The number of anilines is 1. The van der Waals surface area contributed by atoms with Crippen molar-refractivity contribution in [2.75, 3.05) is 5.73 Å². The lowest BCUT2D eigenvalue weighted by atomic mass is 9.85. The monoisotopic (exact) mass is 360 g/mol. The van der Waals surface area contributed by atoms with Crippen LogP contribution in [0, 0.1) is 5.92 Å². The molecule has 2 rings (SSSR count). The van der Waals surface area contributed by atoms with E-state index in [9.17, 15) is 8.42 Å². The summed E-state index contributed by atoms with van der Waals surface area (Å²) in [5, 5.41) is 0. The van der Waals surface area contributed by atoms with E-state index in [4.69, 9.17) is 5.73 Å². The Kier molecular flexibility index (Phi) is 5.09. The van der Waals surface area contributed by atoms with Gasteiger partial charge in [0, 0.05) is 16.2 Å². The first-order valence-corrected chi connectivity index (χ1v) is 9.27. The van der Waals surface area contributed by atoms with Gasteiger partial charge >= 0.3 is 0 Å². The van der Waals surface area contributed by atoms with E-state index in [1.165, 1.54) is 6.42 Å². The molecule has 1 fully saturated rings. The van der Waals surface area contributed by atoms with E-state index < -0.39 is 10.0 Å². The van der Waals surface area contributed by atoms with Crippen molar-refractivity contribution in [3.8, 4) is 0 Å². The van der Waals surface area contributed by atoms with Crippen LogP contribution in [-0.4, -0.2) is 14.5 Å². The Morgan fingerprint density at radius 1 is 1.30 bits per heavy atom. The molecule has 0 aliphatic heterocycles. The minimum atomic E-state index is -3.46. The summed E-state index contributed by atoms with van der Waals surface area (Å²) in [5.74, 6) is 0.751. The van der Waals surface area contributed by atoms with Gasteiger partial charge < -0.3 is 5.73 Å². The van der Waals surface area contributed by atoms with Gasteiger partial charge in [-0.25, -0.2) is 13.1 Å². The summed E-state index contributed by atoms with van der Waals surface area (Å²) in [6, 6.07) is 4.75. The average molecular weight is 361 g/mol. The fourth-order valence-electron chi connectivity index (χ4n) is 2.65. The number of hydrogen-bond acceptors (Lipinski definition) is 3. The quantitative estimate of drug-likeness (QED) is 0.809. The summed E-state index contributed by atoms with van der Waals surface area (Å²) < 4.78 is 28.1. The third-order valence-corrected chi connectivity index (χ3v) is 6.23. The fourth-order valence-corrected chi connectivity index (χ4v) is 4.51. The van der Waals surface area contributed by atoms with Crippen LogP contribution in [0.15, 0.2) is 27.6 Å². The predicted octanol–water partition coefficient (Wildman–Crippen LogP) is 3.28. The lowest BCUT2D eigenvalue weighted by Crippen LogP contribution is -2.37. The number of nitrogen functional groups attached to an aromatic ring is 1. The molecule has 0 aromatic heterocycles. The second-order valence-electron chi connectivity index (χ2n) is 5.43. The molecule has 0 bridgehead atoms. The number of nitrogens with two attached hydrogens (primary N) is 1. The van der Waals surface area contributed by atoms with Gasteiger partial charge in [0.1, 0.15) is 0 Å². The zero-order valence-corrected chi connectivity index (χ0v) is 14.0. The summed E-state index contributed by atoms with van der Waals surface area (Å²) >= 11 is 3.26. The topological polar surface area (TPSA) is 72.2 Å². The summed E-state index contributed by atoms with van der Waals surface area (Å²) in [6.45, 7) is 2.20. The highest BCUT2D eigenvalue weighted by Crippen LogP contribution is 2.28. The van der Waals surface area contributed by atoms with E-state index in [1.54, 1.807) is 18.2 Å². The van der Waals surface area contributed by atoms with E-state index in [0.717, 1.165) is 31.6 Å². The van der Waals surface area contributed by atoms with Crippen molar-refractivity contribution in [1.82, 2.24) is 4.72 Å². The van der Waals surface area contributed by atoms with E-state index in [-0.39, 0.29) is 10.9 Å². The number of sulfonamides is 1. The molecule has 1 aliphatic carbocycles. The standard InChI is InChI=1S/C14H21BrN2O2S/c1-2-10-3-5-11(6-4-10)17-20(18,19)12-7-8-14(16)13(15)9-12/h7-11,17H,2-6,16H2,1H3. The molecule has 0 radical (unpaired) electrons. The maximum absolute atomic E-state index is 12.3. The predicted molar refractivity (Wildman–Crippen MR) is 84.9 cm³/mol. The van der Waals surface area contributed by atoms with E-state index in [2.05, 4.69) is 27.6 Å². The molecule has 1 aromatic carbocycles. The normalized spacial score (nSPS) is 23.7. The number of halogens is 1. The van der Waals surface area contributed by atoms with E-state index >= 15 is 0 Å². The highest BCUT2D eigenvalue weighted by molar-refractivity contribution is 9.10. The lowest BCUT2D eigenvalue weighted by Gasteiger charge is -2.28. The van der Waals surface area contributed by atoms with Gasteiger partial charge in [-0.05, 0) is 65.7 Å². The summed E-state index contributed by atoms with van der Waals surface area (Å²) in [6.07, 6.45) is 5.25. The minimum Gasteiger partial charge on any atom is -0.398 e. The number of rotatable bonds is 4. The van der Waals surface area contributed by atoms with Gasteiger partial charge in [0.25, 0.3) is 0 Å². The van der Waals surface area contributed by atoms with E-state index in [0.29, 0.717) is 10.2 Å². The van der Waals surface area contributed by atoms with Crippen LogP contribution in [-0.2, 0) is 10.0 Å². The van der Waals surface area contributed by atoms with Crippen molar-refractivity contribution in [2.45, 2.75) is 50.0 Å². The molecule has 0 amide bonds. The SMILES string of the molecule is CCC1CCC(NS(=O)(=O)c2ccc(N)c(Br)c2)CC1. The minimum absolute atomic E-state index is 0.0547. The van der Waals surface area contributed by atoms with Gasteiger partial charge in [0.15, 0.2) is 0 Å². The Balaban J connectivity index is 2.06. The van der Waals surface area contributed by atoms with E-state index in [1.807, 2.05) is 0 Å². The number of hydrogen-bond donors (Lipinski definition) is 2. The molecule has 0 atom stereocenters. The van der Waals surface area contributed by atoms with Crippen LogP contribution >= 0.6 is 15.9 Å². The zero-order chi connectivity index (χ0) is 14.8. The highest BCUT2D eigenvalue weighted by Gasteiger charge is 2.25. The van der Waals surface area contributed by atoms with Crippen molar-refractivity contribution in [3.63, 3.8) is 0 Å². The van der Waals surface area contributed by atoms with Crippen molar-refractivity contribution < 1.29 is 8.42 Å². The Morgan fingerprint density at radius 2 is 1.95 bits per heavy atom. The summed E-state index contributed by atoms with van der Waals surface area (Å²) in [5.41, 5.74) is 6.22. The first-order chi connectivity index (χ1) is 9.42. The van der Waals surface area contributed by atoms with Crippen molar-refractivity contribution in [1.29, 1.82) is 0 Å². The summed E-state index contributed by atoms with van der Waals surface area (Å²) in [7, 11) is -3.46. The molecule has 1 aliphatic rings. The van der Waals surface area contributed by atoms with Crippen molar-refractivity contribution in [2.24, 2.45) is 5.92 Å². The summed E-state index contributed by atoms with van der Waals surface area (Å²) in [4.78, 5) is 0.260. The molecule has 1 saturated carbocycles. The van der Waals surface area contributed by atoms with Gasteiger partial charge in [-0.2, -0.15) is 0 Å². The molecule has 0 unspecified atom stereocenters. The maximum Gasteiger partial charge on any atom is 0.240 e. The first-order valence-electron chi connectivity index (χ1n) is 6.99. The number of benzene rings is 1. The third kappa shape index (κ3) is 3.74. The van der Waals surface area contributed by atoms with Gasteiger partial charge in [-0.3, -0.25) is 0 Å². The van der Waals surface area contributed by atoms with Crippen LogP contribution < -0.4 is 10.5 Å². The number of nitrogens with one attached hydrogen (secondary N) is 1. The molecule has 6 heteroatoms. The van der Waals surface area contributed by atoms with Gasteiger partial charge in [0.05, 0.1) is 4.90 Å². The van der Waals surface area contributed by atoms with Crippen LogP contribution in [0.3, 0.4) is 0 Å². The molecule has 3 N–H and O–H groups in total. The Morgan fingerprint density at radius 3 is 2.50 bits per heavy atom. The second-order valence-corrected chi connectivity index (χ2v) is 8.00. The average Bonchev–Trinajstić information content (AvgIpc) is 2.42. The lowest BCUT2D eigenvalue weighted by molar-refractivity contribution is 0.306. The van der Waals surface area contributed by atoms with Crippen LogP contribution in [0.25, 0.3) is 0 Å². The molecular weight excluding hydrogens is 340 g/mol. The Labute approximate surface area is 129 Å². The Bertz CT molecular complexity index is 567. The Hall–Kier alpha value is -0.590. The smallest absolute Gasteiger partial charge is 0.240 e. The maximum atomic E-state index is 12.3. The largest absolute Gasteiger partial charge is 0.398 e. The molecule has 0 heterocycles. The molecule has 0 spiro atoms. The highest BCUT2D eigenvalue weighted by atomic mass is 79.9. The van der Waals surface area contributed by atoms with Gasteiger partial charge in [-0.1, -0.05) is 13.3 Å². The van der Waals surface area contributed by atoms with Crippen LogP contribution in [0.5, 0.6) is 0 Å². The first kappa shape index (κ1) is 15.8. The van der Waals surface area contributed by atoms with Crippen LogP contribution in [0.4, 0.5) is 5.69 Å². The molecule has 4 nitrogen and oxygen atoms in total. The second kappa shape index (κ2) is 6.45. The molecular formula is C14H21BrN2O2S. The molecule has 1 aromatic rings. The van der Waals surface area contributed by atoms with Crippen molar-refractivity contribution >= 4 is 31.6 Å². The molecule has 0 saturated heterocycles. The van der Waals surface area contributed by atoms with Gasteiger partial charge in [0.2, 0.25) is 10.0 Å².